The van der Waals surface area contributed by atoms with Crippen molar-refractivity contribution in [3.8, 4) is 0 Å². The number of benzene rings is 1. The van der Waals surface area contributed by atoms with Gasteiger partial charge in [-0.2, -0.15) is 0 Å². The molecular formula is C13H12ClN3O2S. The van der Waals surface area contributed by atoms with E-state index in [0.29, 0.717) is 16.5 Å². The fourth-order valence-electron chi connectivity index (χ4n) is 2.06. The zero-order valence-electron chi connectivity index (χ0n) is 10.7. The van der Waals surface area contributed by atoms with Crippen LogP contribution in [0.3, 0.4) is 0 Å². The Labute approximate surface area is 125 Å². The number of nitrogens with one attached hydrogen (secondary N) is 1. The van der Waals surface area contributed by atoms with Gasteiger partial charge >= 0.3 is 6.01 Å². The second-order valence-corrected chi connectivity index (χ2v) is 5.72. The summed E-state index contributed by atoms with van der Waals surface area (Å²) in [6.07, 6.45) is 5.50. The molecule has 1 fully saturated rings. The number of thioether (sulfide) groups is 1. The number of amides is 1. The van der Waals surface area contributed by atoms with E-state index in [9.17, 15) is 4.79 Å². The van der Waals surface area contributed by atoms with Gasteiger partial charge in [-0.05, 0) is 36.6 Å². The Morgan fingerprint density at radius 1 is 1.50 bits per heavy atom. The van der Waals surface area contributed by atoms with E-state index in [4.69, 9.17) is 16.0 Å². The van der Waals surface area contributed by atoms with Crippen LogP contribution in [0, 0.1) is 0 Å². The van der Waals surface area contributed by atoms with Crippen LogP contribution < -0.4 is 5.32 Å². The predicted octanol–water partition coefficient (Wildman–Crippen LogP) is 3.57. The van der Waals surface area contributed by atoms with E-state index in [0.717, 1.165) is 11.3 Å². The Kier molecular flexibility index (Phi) is 3.67. The van der Waals surface area contributed by atoms with Crippen molar-refractivity contribution in [2.75, 3.05) is 11.6 Å². The quantitative estimate of drug-likeness (QED) is 0.874. The Morgan fingerprint density at radius 2 is 2.30 bits per heavy atom. The van der Waals surface area contributed by atoms with E-state index in [-0.39, 0.29) is 11.9 Å². The first-order chi connectivity index (χ1) is 9.70. The maximum absolute atomic E-state index is 12.2. The summed E-state index contributed by atoms with van der Waals surface area (Å²) in [7, 11) is 0. The van der Waals surface area contributed by atoms with Crippen LogP contribution in [0.5, 0.6) is 0 Å². The average molecular weight is 310 g/mol. The standard InChI is InChI=1S/C13H12ClN3O2S/c1-20-11-8(7-2-3-7)4-5-9(10(11)14)12(18)16-13-17-15-6-19-13/h4-7H,2-3H2,1H3,(H,16,17,18). The molecule has 1 aromatic heterocycles. The number of halogens is 1. The van der Waals surface area contributed by atoms with Crippen molar-refractivity contribution >= 4 is 35.3 Å². The number of hydrogen-bond acceptors (Lipinski definition) is 5. The number of carbonyl (C=O) groups is 1. The van der Waals surface area contributed by atoms with Gasteiger partial charge in [-0.15, -0.1) is 16.9 Å². The largest absolute Gasteiger partial charge is 0.411 e. The minimum absolute atomic E-state index is 0.0584. The monoisotopic (exact) mass is 309 g/mol. The number of rotatable bonds is 4. The van der Waals surface area contributed by atoms with E-state index in [2.05, 4.69) is 15.5 Å². The Morgan fingerprint density at radius 3 is 2.90 bits per heavy atom. The Bertz CT molecular complexity index is 641. The van der Waals surface area contributed by atoms with Crippen LogP contribution in [0.2, 0.25) is 5.02 Å². The highest BCUT2D eigenvalue weighted by atomic mass is 35.5. The van der Waals surface area contributed by atoms with Gasteiger partial charge in [-0.3, -0.25) is 10.1 Å². The van der Waals surface area contributed by atoms with Gasteiger partial charge in [0.15, 0.2) is 0 Å². The molecule has 1 aromatic carbocycles. The van der Waals surface area contributed by atoms with E-state index < -0.39 is 0 Å². The Hall–Kier alpha value is -1.53. The van der Waals surface area contributed by atoms with Crippen molar-refractivity contribution < 1.29 is 9.21 Å². The van der Waals surface area contributed by atoms with Gasteiger partial charge < -0.3 is 4.42 Å². The highest BCUT2D eigenvalue weighted by molar-refractivity contribution is 7.98. The molecule has 1 N–H and O–H groups in total. The molecule has 0 atom stereocenters. The molecular weight excluding hydrogens is 298 g/mol. The van der Waals surface area contributed by atoms with Crippen molar-refractivity contribution in [2.24, 2.45) is 0 Å². The summed E-state index contributed by atoms with van der Waals surface area (Å²) >= 11 is 7.94. The molecule has 1 heterocycles. The number of carbonyl (C=O) groups excluding carboxylic acids is 1. The van der Waals surface area contributed by atoms with Crippen LogP contribution >= 0.6 is 23.4 Å². The SMILES string of the molecule is CSc1c(C2CC2)ccc(C(=O)Nc2nnco2)c1Cl. The molecule has 1 saturated carbocycles. The van der Waals surface area contributed by atoms with Gasteiger partial charge in [0.1, 0.15) is 0 Å². The van der Waals surface area contributed by atoms with Crippen molar-refractivity contribution in [1.29, 1.82) is 0 Å². The molecule has 7 heteroatoms. The van der Waals surface area contributed by atoms with Crippen molar-refractivity contribution in [3.63, 3.8) is 0 Å². The van der Waals surface area contributed by atoms with E-state index >= 15 is 0 Å². The summed E-state index contributed by atoms with van der Waals surface area (Å²) in [5.74, 6) is 0.236. The molecule has 0 unspecified atom stereocenters. The van der Waals surface area contributed by atoms with Gasteiger partial charge in [0.2, 0.25) is 6.39 Å². The number of hydrogen-bond donors (Lipinski definition) is 1. The molecule has 3 rings (SSSR count). The molecule has 0 bridgehead atoms. The lowest BCUT2D eigenvalue weighted by Gasteiger charge is -2.12. The van der Waals surface area contributed by atoms with E-state index in [1.165, 1.54) is 18.4 Å². The molecule has 1 aliphatic carbocycles. The van der Waals surface area contributed by atoms with Crippen molar-refractivity contribution in [3.05, 3.63) is 34.7 Å². The molecule has 1 aliphatic rings. The molecule has 0 radical (unpaired) electrons. The first-order valence-electron chi connectivity index (χ1n) is 6.14. The minimum atomic E-state index is -0.350. The van der Waals surface area contributed by atoms with Gasteiger partial charge in [0.05, 0.1) is 10.6 Å². The lowest BCUT2D eigenvalue weighted by Crippen LogP contribution is -2.13. The van der Waals surface area contributed by atoms with Gasteiger partial charge in [-0.25, -0.2) is 0 Å². The molecule has 0 saturated heterocycles. The predicted molar refractivity (Wildman–Crippen MR) is 77.5 cm³/mol. The van der Waals surface area contributed by atoms with Gasteiger partial charge in [-0.1, -0.05) is 22.8 Å². The van der Waals surface area contributed by atoms with Crippen LogP contribution in [0.15, 0.2) is 27.8 Å². The molecule has 20 heavy (non-hydrogen) atoms. The number of anilines is 1. The summed E-state index contributed by atoms with van der Waals surface area (Å²) in [4.78, 5) is 13.1. The maximum Gasteiger partial charge on any atom is 0.322 e. The minimum Gasteiger partial charge on any atom is -0.411 e. The highest BCUT2D eigenvalue weighted by Crippen LogP contribution is 2.46. The van der Waals surface area contributed by atoms with E-state index in [1.54, 1.807) is 17.8 Å². The third kappa shape index (κ3) is 2.53. The molecule has 1 amide bonds. The second kappa shape index (κ2) is 5.46. The number of aromatic nitrogens is 2. The maximum atomic E-state index is 12.2. The fourth-order valence-corrected chi connectivity index (χ4v) is 3.31. The van der Waals surface area contributed by atoms with Crippen LogP contribution in [0.1, 0.15) is 34.7 Å². The second-order valence-electron chi connectivity index (χ2n) is 4.52. The van der Waals surface area contributed by atoms with Crippen molar-refractivity contribution in [1.82, 2.24) is 10.2 Å². The van der Waals surface area contributed by atoms with E-state index in [1.807, 2.05) is 12.3 Å². The summed E-state index contributed by atoms with van der Waals surface area (Å²) in [5.41, 5.74) is 1.65. The van der Waals surface area contributed by atoms with Crippen molar-refractivity contribution in [2.45, 2.75) is 23.7 Å². The zero-order valence-corrected chi connectivity index (χ0v) is 12.3. The summed E-state index contributed by atoms with van der Waals surface area (Å²) in [6.45, 7) is 0. The smallest absolute Gasteiger partial charge is 0.322 e. The Balaban J connectivity index is 1.91. The summed E-state index contributed by atoms with van der Waals surface area (Å²) < 4.78 is 4.89. The normalized spacial score (nSPS) is 14.3. The highest BCUT2D eigenvalue weighted by Gasteiger charge is 2.28. The molecule has 104 valence electrons. The molecule has 2 aromatic rings. The van der Waals surface area contributed by atoms with Crippen LogP contribution in [0.25, 0.3) is 0 Å². The lowest BCUT2D eigenvalue weighted by molar-refractivity contribution is 0.102. The summed E-state index contributed by atoms with van der Waals surface area (Å²) in [5, 5.41) is 10.1. The van der Waals surface area contributed by atoms with Gasteiger partial charge in [0, 0.05) is 4.90 Å². The summed E-state index contributed by atoms with van der Waals surface area (Å²) in [6, 6.07) is 3.79. The topological polar surface area (TPSA) is 68.0 Å². The zero-order chi connectivity index (χ0) is 14.1. The molecule has 0 aliphatic heterocycles. The molecule has 0 spiro atoms. The first kappa shape index (κ1) is 13.5. The van der Waals surface area contributed by atoms with Crippen LogP contribution in [0.4, 0.5) is 6.01 Å². The molecule has 5 nitrogen and oxygen atoms in total. The lowest BCUT2D eigenvalue weighted by atomic mass is 10.1. The first-order valence-corrected chi connectivity index (χ1v) is 7.75. The third-order valence-electron chi connectivity index (χ3n) is 3.17. The van der Waals surface area contributed by atoms with Crippen LogP contribution in [-0.2, 0) is 0 Å². The van der Waals surface area contributed by atoms with Crippen LogP contribution in [-0.4, -0.2) is 22.4 Å². The number of nitrogens with zero attached hydrogens (tertiary/aromatic N) is 2. The third-order valence-corrected chi connectivity index (χ3v) is 4.53. The van der Waals surface area contributed by atoms with Gasteiger partial charge in [0.25, 0.3) is 5.91 Å². The fraction of sp³-hybridized carbons (Fsp3) is 0.308. The average Bonchev–Trinajstić information content (AvgIpc) is 3.16.